The van der Waals surface area contributed by atoms with E-state index in [9.17, 15) is 0 Å². The van der Waals surface area contributed by atoms with Crippen LogP contribution in [0.15, 0.2) is 6.20 Å². The summed E-state index contributed by atoms with van der Waals surface area (Å²) in [6.07, 6.45) is 3.12. The van der Waals surface area contributed by atoms with Crippen LogP contribution in [0.25, 0.3) is 0 Å². The highest BCUT2D eigenvalue weighted by Crippen LogP contribution is 2.23. The Morgan fingerprint density at radius 3 is 2.53 bits per heavy atom. The van der Waals surface area contributed by atoms with Crippen molar-refractivity contribution in [1.82, 2.24) is 15.1 Å². The van der Waals surface area contributed by atoms with Gasteiger partial charge < -0.3 is 5.32 Å². The molecule has 0 fully saturated rings. The third-order valence-corrected chi connectivity index (χ3v) is 2.84. The first-order valence-corrected chi connectivity index (χ1v) is 5.82. The van der Waals surface area contributed by atoms with Crippen LogP contribution in [0.3, 0.4) is 0 Å². The van der Waals surface area contributed by atoms with E-state index in [0.717, 1.165) is 13.0 Å². The Labute approximate surface area is 92.9 Å². The predicted molar refractivity (Wildman–Crippen MR) is 64.1 cm³/mol. The normalized spacial score (nSPS) is 13.5. The Kier molecular flexibility index (Phi) is 4.33. The van der Waals surface area contributed by atoms with Gasteiger partial charge in [-0.1, -0.05) is 20.8 Å². The average Bonchev–Trinajstić information content (AvgIpc) is 2.61. The van der Waals surface area contributed by atoms with Crippen LogP contribution in [-0.2, 0) is 6.54 Å². The molecule has 3 heteroatoms. The summed E-state index contributed by atoms with van der Waals surface area (Å²) in [5.41, 5.74) is 2.70. The van der Waals surface area contributed by atoms with E-state index < -0.39 is 0 Å². The van der Waals surface area contributed by atoms with Crippen molar-refractivity contribution in [2.45, 2.75) is 52.6 Å². The van der Waals surface area contributed by atoms with Gasteiger partial charge in [0.1, 0.15) is 0 Å². The van der Waals surface area contributed by atoms with E-state index in [1.165, 1.54) is 11.3 Å². The quantitative estimate of drug-likeness (QED) is 0.808. The first kappa shape index (κ1) is 12.2. The van der Waals surface area contributed by atoms with Crippen LogP contribution in [0.1, 0.15) is 57.3 Å². The maximum atomic E-state index is 4.50. The summed E-state index contributed by atoms with van der Waals surface area (Å²) in [6.45, 7) is 9.80. The number of nitrogens with zero attached hydrogens (tertiary/aromatic N) is 2. The Balaban J connectivity index is 3.06. The average molecular weight is 209 g/mol. The van der Waals surface area contributed by atoms with Gasteiger partial charge in [0.2, 0.25) is 0 Å². The fraction of sp³-hybridized carbons (Fsp3) is 0.750. The first-order chi connectivity index (χ1) is 7.11. The molecule has 1 aromatic rings. The van der Waals surface area contributed by atoms with Crippen LogP contribution in [-0.4, -0.2) is 16.8 Å². The molecule has 0 bridgehead atoms. The zero-order valence-electron chi connectivity index (χ0n) is 10.5. The van der Waals surface area contributed by atoms with E-state index in [2.05, 4.69) is 42.8 Å². The molecule has 0 spiro atoms. The lowest BCUT2D eigenvalue weighted by Gasteiger charge is -2.17. The smallest absolute Gasteiger partial charge is 0.0537 e. The SMILES string of the molecule is CCC(C)n1ncc(CNC)c1C(C)C. The van der Waals surface area contributed by atoms with Crippen LogP contribution in [0, 0.1) is 0 Å². The minimum Gasteiger partial charge on any atom is -0.316 e. The van der Waals surface area contributed by atoms with Gasteiger partial charge in [-0.05, 0) is 26.3 Å². The molecule has 1 aromatic heterocycles. The van der Waals surface area contributed by atoms with Crippen molar-refractivity contribution in [3.05, 3.63) is 17.5 Å². The van der Waals surface area contributed by atoms with Crippen LogP contribution in [0.5, 0.6) is 0 Å². The van der Waals surface area contributed by atoms with Crippen molar-refractivity contribution in [3.8, 4) is 0 Å². The van der Waals surface area contributed by atoms with Gasteiger partial charge in [-0.15, -0.1) is 0 Å². The number of aromatic nitrogens is 2. The maximum absolute atomic E-state index is 4.50. The van der Waals surface area contributed by atoms with Crippen molar-refractivity contribution in [2.75, 3.05) is 7.05 Å². The van der Waals surface area contributed by atoms with Gasteiger partial charge in [0.05, 0.1) is 6.20 Å². The number of rotatable bonds is 5. The lowest BCUT2D eigenvalue weighted by Crippen LogP contribution is -2.13. The Morgan fingerprint density at radius 2 is 2.07 bits per heavy atom. The highest BCUT2D eigenvalue weighted by atomic mass is 15.3. The highest BCUT2D eigenvalue weighted by molar-refractivity contribution is 5.21. The van der Waals surface area contributed by atoms with Gasteiger partial charge >= 0.3 is 0 Å². The highest BCUT2D eigenvalue weighted by Gasteiger charge is 2.16. The van der Waals surface area contributed by atoms with Crippen molar-refractivity contribution in [1.29, 1.82) is 0 Å². The van der Waals surface area contributed by atoms with E-state index in [1.807, 2.05) is 13.2 Å². The van der Waals surface area contributed by atoms with Gasteiger partial charge in [0.15, 0.2) is 0 Å². The molecule has 1 rings (SSSR count). The molecular weight excluding hydrogens is 186 g/mol. The number of hydrogen-bond donors (Lipinski definition) is 1. The minimum atomic E-state index is 0.494. The molecular formula is C12H23N3. The molecule has 0 amide bonds. The summed E-state index contributed by atoms with van der Waals surface area (Å²) in [7, 11) is 1.98. The van der Waals surface area contributed by atoms with E-state index in [-0.39, 0.29) is 0 Å². The lowest BCUT2D eigenvalue weighted by molar-refractivity contribution is 0.450. The van der Waals surface area contributed by atoms with Crippen molar-refractivity contribution in [3.63, 3.8) is 0 Å². The molecule has 0 aliphatic heterocycles. The molecule has 1 N–H and O–H groups in total. The summed E-state index contributed by atoms with van der Waals surface area (Å²) in [6, 6.07) is 0.494. The minimum absolute atomic E-state index is 0.494. The molecule has 3 nitrogen and oxygen atoms in total. The molecule has 1 heterocycles. The van der Waals surface area contributed by atoms with Crippen LogP contribution in [0.2, 0.25) is 0 Å². The lowest BCUT2D eigenvalue weighted by atomic mass is 10.0. The topological polar surface area (TPSA) is 29.9 Å². The number of hydrogen-bond acceptors (Lipinski definition) is 2. The first-order valence-electron chi connectivity index (χ1n) is 5.82. The van der Waals surface area contributed by atoms with Crippen LogP contribution < -0.4 is 5.32 Å². The van der Waals surface area contributed by atoms with Gasteiger partial charge in [0, 0.05) is 23.8 Å². The van der Waals surface area contributed by atoms with Crippen molar-refractivity contribution >= 4 is 0 Å². The van der Waals surface area contributed by atoms with Gasteiger partial charge in [-0.25, -0.2) is 0 Å². The summed E-state index contributed by atoms with van der Waals surface area (Å²) < 4.78 is 2.18. The van der Waals surface area contributed by atoms with E-state index >= 15 is 0 Å². The molecule has 0 aliphatic rings. The summed E-state index contributed by atoms with van der Waals surface area (Å²) in [5, 5.41) is 7.70. The third-order valence-electron chi connectivity index (χ3n) is 2.84. The zero-order valence-corrected chi connectivity index (χ0v) is 10.5. The Morgan fingerprint density at radius 1 is 1.40 bits per heavy atom. The molecule has 0 aliphatic carbocycles. The van der Waals surface area contributed by atoms with Crippen LogP contribution >= 0.6 is 0 Å². The second-order valence-corrected chi connectivity index (χ2v) is 4.44. The van der Waals surface area contributed by atoms with E-state index in [1.54, 1.807) is 0 Å². The molecule has 1 unspecified atom stereocenters. The van der Waals surface area contributed by atoms with Gasteiger partial charge in [-0.2, -0.15) is 5.10 Å². The Bertz CT molecular complexity index is 302. The largest absolute Gasteiger partial charge is 0.316 e. The van der Waals surface area contributed by atoms with Crippen molar-refractivity contribution < 1.29 is 0 Å². The fourth-order valence-electron chi connectivity index (χ4n) is 1.89. The zero-order chi connectivity index (χ0) is 11.4. The monoisotopic (exact) mass is 209 g/mol. The van der Waals surface area contributed by atoms with E-state index in [0.29, 0.717) is 12.0 Å². The summed E-state index contributed by atoms with van der Waals surface area (Å²) >= 11 is 0. The molecule has 1 atom stereocenters. The Hall–Kier alpha value is -0.830. The van der Waals surface area contributed by atoms with Crippen molar-refractivity contribution in [2.24, 2.45) is 0 Å². The second kappa shape index (κ2) is 5.31. The maximum Gasteiger partial charge on any atom is 0.0537 e. The molecule has 0 aromatic carbocycles. The molecule has 0 radical (unpaired) electrons. The molecule has 0 saturated carbocycles. The summed E-state index contributed by atoms with van der Waals surface area (Å²) in [4.78, 5) is 0. The van der Waals surface area contributed by atoms with E-state index in [4.69, 9.17) is 0 Å². The van der Waals surface area contributed by atoms with Gasteiger partial charge in [0.25, 0.3) is 0 Å². The molecule has 15 heavy (non-hydrogen) atoms. The second-order valence-electron chi connectivity index (χ2n) is 4.44. The predicted octanol–water partition coefficient (Wildman–Crippen LogP) is 2.70. The standard InChI is InChI=1S/C12H23N3/c1-6-10(4)15-12(9(2)3)11(7-13-5)8-14-15/h8-10,13H,6-7H2,1-5H3. The molecule has 86 valence electrons. The van der Waals surface area contributed by atoms with Gasteiger partial charge in [-0.3, -0.25) is 4.68 Å². The third kappa shape index (κ3) is 2.59. The summed E-state index contributed by atoms with van der Waals surface area (Å²) in [5.74, 6) is 0.532. The molecule has 0 saturated heterocycles. The van der Waals surface area contributed by atoms with Crippen LogP contribution in [0.4, 0.5) is 0 Å². The number of nitrogens with one attached hydrogen (secondary N) is 1. The fourth-order valence-corrected chi connectivity index (χ4v) is 1.89.